The summed E-state index contributed by atoms with van der Waals surface area (Å²) >= 11 is 1.59. The molecule has 0 spiro atoms. The number of nitrogens with one attached hydrogen (secondary N) is 1. The highest BCUT2D eigenvalue weighted by Gasteiger charge is 2.23. The fourth-order valence-electron chi connectivity index (χ4n) is 2.74. The van der Waals surface area contributed by atoms with E-state index < -0.39 is 17.9 Å². The molecule has 0 aliphatic carbocycles. The third-order valence-electron chi connectivity index (χ3n) is 4.15. The number of pyridine rings is 1. The lowest BCUT2D eigenvalue weighted by Gasteiger charge is -2.18. The van der Waals surface area contributed by atoms with Crippen LogP contribution in [0.2, 0.25) is 0 Å². The smallest absolute Gasteiger partial charge is 0.328 e. The van der Waals surface area contributed by atoms with E-state index in [1.807, 2.05) is 20.1 Å². The molecule has 140 valence electrons. The van der Waals surface area contributed by atoms with Crippen molar-refractivity contribution < 1.29 is 14.3 Å². The number of carbonyl (C=O) groups is 2. The molecule has 0 saturated carbocycles. The van der Waals surface area contributed by atoms with Crippen molar-refractivity contribution in [1.29, 1.82) is 0 Å². The number of benzene rings is 1. The van der Waals surface area contributed by atoms with Gasteiger partial charge in [0.1, 0.15) is 6.04 Å². The van der Waals surface area contributed by atoms with Crippen molar-refractivity contribution in [2.75, 3.05) is 19.1 Å². The number of fused-ring (bicyclic) bond motifs is 1. The van der Waals surface area contributed by atoms with Crippen molar-refractivity contribution in [3.05, 3.63) is 46.4 Å². The average Bonchev–Trinajstić information content (AvgIpc) is 2.64. The van der Waals surface area contributed by atoms with Gasteiger partial charge in [-0.1, -0.05) is 18.2 Å². The van der Waals surface area contributed by atoms with Crippen LogP contribution in [0, 0.1) is 0 Å². The molecule has 1 amide bonds. The Morgan fingerprint density at radius 3 is 2.46 bits per heavy atom. The number of thioether (sulfide) groups is 1. The van der Waals surface area contributed by atoms with E-state index in [-0.39, 0.29) is 11.6 Å². The number of ether oxygens (including phenoxy) is 1. The second kappa shape index (κ2) is 8.89. The summed E-state index contributed by atoms with van der Waals surface area (Å²) in [6, 6.07) is 6.18. The van der Waals surface area contributed by atoms with Crippen molar-refractivity contribution >= 4 is 34.4 Å². The van der Waals surface area contributed by atoms with Crippen molar-refractivity contribution in [1.82, 2.24) is 9.88 Å². The second-order valence-corrected chi connectivity index (χ2v) is 7.21. The lowest BCUT2D eigenvalue weighted by Crippen LogP contribution is -2.42. The first-order valence-electron chi connectivity index (χ1n) is 8.42. The van der Waals surface area contributed by atoms with E-state index in [1.54, 1.807) is 42.2 Å². The summed E-state index contributed by atoms with van der Waals surface area (Å²) in [5, 5.41) is 3.80. The number of methoxy groups -OCH3 is 1. The van der Waals surface area contributed by atoms with Gasteiger partial charge in [0.25, 0.3) is 11.5 Å². The van der Waals surface area contributed by atoms with Gasteiger partial charge in [-0.05, 0) is 38.3 Å². The molecule has 7 heteroatoms. The molecule has 0 bridgehead atoms. The van der Waals surface area contributed by atoms with Gasteiger partial charge in [-0.25, -0.2) is 4.79 Å². The number of hydrogen-bond donors (Lipinski definition) is 1. The van der Waals surface area contributed by atoms with E-state index in [1.165, 1.54) is 11.7 Å². The maximum atomic E-state index is 12.9. The van der Waals surface area contributed by atoms with Crippen LogP contribution in [0.3, 0.4) is 0 Å². The van der Waals surface area contributed by atoms with Crippen molar-refractivity contribution in [2.24, 2.45) is 0 Å². The van der Waals surface area contributed by atoms with Crippen molar-refractivity contribution in [2.45, 2.75) is 32.4 Å². The standard InChI is InChI=1S/C19H24N2O4S/c1-12(2)21-11-15(13-7-5-6-8-14(13)18(21)23)17(22)20-16(9-10-26-4)19(24)25-3/h5-8,11-12,16H,9-10H2,1-4H3,(H,20,22). The number of esters is 1. The van der Waals surface area contributed by atoms with Crippen LogP contribution in [0.15, 0.2) is 35.3 Å². The molecule has 0 radical (unpaired) electrons. The Morgan fingerprint density at radius 1 is 1.23 bits per heavy atom. The molecule has 2 rings (SSSR count). The third kappa shape index (κ3) is 4.27. The number of nitrogens with zero attached hydrogens (tertiary/aromatic N) is 1. The van der Waals surface area contributed by atoms with Gasteiger partial charge in [-0.2, -0.15) is 11.8 Å². The van der Waals surface area contributed by atoms with Gasteiger partial charge in [0.15, 0.2) is 0 Å². The number of amides is 1. The maximum absolute atomic E-state index is 12.9. The summed E-state index contributed by atoms with van der Waals surface area (Å²) in [6.07, 6.45) is 3.97. The van der Waals surface area contributed by atoms with Gasteiger partial charge in [-0.15, -0.1) is 0 Å². The SMILES string of the molecule is COC(=O)C(CCSC)NC(=O)c1cn(C(C)C)c(=O)c2ccccc12. The van der Waals surface area contributed by atoms with E-state index in [4.69, 9.17) is 4.74 Å². The Bertz CT molecular complexity index is 860. The Balaban J connectivity index is 2.47. The van der Waals surface area contributed by atoms with Crippen LogP contribution in [0.5, 0.6) is 0 Å². The maximum Gasteiger partial charge on any atom is 0.328 e. The molecule has 0 fully saturated rings. The van der Waals surface area contributed by atoms with Crippen LogP contribution < -0.4 is 10.9 Å². The predicted molar refractivity (Wildman–Crippen MR) is 105 cm³/mol. The highest BCUT2D eigenvalue weighted by Crippen LogP contribution is 2.18. The van der Waals surface area contributed by atoms with E-state index in [0.717, 1.165) is 0 Å². The molecule has 1 unspecified atom stereocenters. The molecule has 1 aromatic carbocycles. The fourth-order valence-corrected chi connectivity index (χ4v) is 3.21. The molecule has 26 heavy (non-hydrogen) atoms. The van der Waals surface area contributed by atoms with E-state index in [9.17, 15) is 14.4 Å². The number of carbonyl (C=O) groups excluding carboxylic acids is 2. The lowest BCUT2D eigenvalue weighted by atomic mass is 10.1. The molecule has 1 heterocycles. The third-order valence-corrected chi connectivity index (χ3v) is 4.80. The Morgan fingerprint density at radius 2 is 1.88 bits per heavy atom. The summed E-state index contributed by atoms with van der Waals surface area (Å²) < 4.78 is 6.33. The first-order chi connectivity index (χ1) is 12.4. The largest absolute Gasteiger partial charge is 0.467 e. The zero-order valence-corrected chi connectivity index (χ0v) is 16.3. The predicted octanol–water partition coefficient (Wildman–Crippen LogP) is 2.61. The van der Waals surface area contributed by atoms with Crippen LogP contribution in [-0.2, 0) is 9.53 Å². The van der Waals surface area contributed by atoms with Crippen LogP contribution in [0.4, 0.5) is 0 Å². The quantitative estimate of drug-likeness (QED) is 0.752. The number of rotatable bonds is 7. The Kier molecular flexibility index (Phi) is 6.85. The minimum absolute atomic E-state index is 0.0912. The minimum atomic E-state index is -0.724. The summed E-state index contributed by atoms with van der Waals surface area (Å²) in [7, 11) is 1.30. The van der Waals surface area contributed by atoms with E-state index in [2.05, 4.69) is 5.32 Å². The van der Waals surface area contributed by atoms with Gasteiger partial charge in [0.2, 0.25) is 0 Å². The number of hydrogen-bond acceptors (Lipinski definition) is 5. The molecule has 0 aliphatic rings. The van der Waals surface area contributed by atoms with Crippen molar-refractivity contribution in [3.8, 4) is 0 Å². The van der Waals surface area contributed by atoms with Gasteiger partial charge < -0.3 is 14.6 Å². The first kappa shape index (κ1) is 20.0. The summed E-state index contributed by atoms with van der Waals surface area (Å²) in [5.74, 6) is -0.160. The molecule has 0 saturated heterocycles. The van der Waals surface area contributed by atoms with Crippen molar-refractivity contribution in [3.63, 3.8) is 0 Å². The molecule has 1 atom stereocenters. The lowest BCUT2D eigenvalue weighted by molar-refractivity contribution is -0.142. The highest BCUT2D eigenvalue weighted by atomic mass is 32.2. The molecule has 6 nitrogen and oxygen atoms in total. The second-order valence-electron chi connectivity index (χ2n) is 6.23. The van der Waals surface area contributed by atoms with E-state index >= 15 is 0 Å². The molecule has 1 N–H and O–H groups in total. The van der Waals surface area contributed by atoms with Gasteiger partial charge in [0, 0.05) is 23.0 Å². The Hall–Kier alpha value is -2.28. The van der Waals surface area contributed by atoms with Gasteiger partial charge >= 0.3 is 5.97 Å². The van der Waals surface area contributed by atoms with Gasteiger partial charge in [0.05, 0.1) is 12.7 Å². The molecule has 1 aromatic heterocycles. The molecular weight excluding hydrogens is 352 g/mol. The topological polar surface area (TPSA) is 77.4 Å². The van der Waals surface area contributed by atoms with Crippen LogP contribution >= 0.6 is 11.8 Å². The molecular formula is C19H24N2O4S. The van der Waals surface area contributed by atoms with Gasteiger partial charge in [-0.3, -0.25) is 9.59 Å². The molecule has 0 aliphatic heterocycles. The fraction of sp³-hybridized carbons (Fsp3) is 0.421. The zero-order valence-electron chi connectivity index (χ0n) is 15.4. The first-order valence-corrected chi connectivity index (χ1v) is 9.81. The normalized spacial score (nSPS) is 12.2. The summed E-state index contributed by atoms with van der Waals surface area (Å²) in [6.45, 7) is 3.77. The van der Waals surface area contributed by atoms with E-state index in [0.29, 0.717) is 28.5 Å². The average molecular weight is 376 g/mol. The summed E-state index contributed by atoms with van der Waals surface area (Å²) in [4.78, 5) is 37.5. The summed E-state index contributed by atoms with van der Waals surface area (Å²) in [5.41, 5.74) is 0.228. The Labute approximate surface area is 156 Å². The minimum Gasteiger partial charge on any atom is -0.467 e. The highest BCUT2D eigenvalue weighted by molar-refractivity contribution is 7.98. The van der Waals surface area contributed by atoms with Crippen LogP contribution in [-0.4, -0.2) is 41.6 Å². The van der Waals surface area contributed by atoms with Crippen LogP contribution in [0.1, 0.15) is 36.7 Å². The molecule has 2 aromatic rings. The zero-order chi connectivity index (χ0) is 19.3. The van der Waals surface area contributed by atoms with Crippen LogP contribution in [0.25, 0.3) is 10.8 Å². The monoisotopic (exact) mass is 376 g/mol. The number of aromatic nitrogens is 1.